The Hall–Kier alpha value is -2.28. The molecule has 1 aromatic carbocycles. The van der Waals surface area contributed by atoms with Gasteiger partial charge in [-0.3, -0.25) is 10.1 Å². The van der Waals surface area contributed by atoms with E-state index in [9.17, 15) is 10.1 Å². The van der Waals surface area contributed by atoms with Crippen LogP contribution < -0.4 is 4.74 Å². The number of hydrogen-bond acceptors (Lipinski definition) is 6. The molecule has 0 bridgehead atoms. The van der Waals surface area contributed by atoms with Crippen molar-refractivity contribution in [3.8, 4) is 17.4 Å². The summed E-state index contributed by atoms with van der Waals surface area (Å²) in [5.41, 5.74) is 0.423. The molecule has 0 aliphatic rings. The quantitative estimate of drug-likeness (QED) is 0.631. The Labute approximate surface area is 113 Å². The number of ether oxygens (including phenoxy) is 1. The second-order valence-corrected chi connectivity index (χ2v) is 3.79. The van der Waals surface area contributed by atoms with Crippen molar-refractivity contribution < 1.29 is 9.66 Å². The Balaban J connectivity index is 2.46. The Kier molecular flexibility index (Phi) is 3.86. The van der Waals surface area contributed by atoms with E-state index in [1.807, 2.05) is 0 Å². The number of nitro benzene ring substituents is 1. The number of non-ortho nitro benzene ring substituents is 1. The van der Waals surface area contributed by atoms with Gasteiger partial charge in [0.05, 0.1) is 11.5 Å². The molecule has 0 aliphatic heterocycles. The summed E-state index contributed by atoms with van der Waals surface area (Å²) in [4.78, 5) is 22.0. The van der Waals surface area contributed by atoms with Crippen LogP contribution in [-0.2, 0) is 0 Å². The van der Waals surface area contributed by atoms with E-state index in [4.69, 9.17) is 16.3 Å². The smallest absolute Gasteiger partial charge is 0.321 e. The number of nitro groups is 1. The lowest BCUT2D eigenvalue weighted by atomic mass is 10.2. The maximum Gasteiger partial charge on any atom is 0.321 e. The van der Waals surface area contributed by atoms with Gasteiger partial charge in [0.1, 0.15) is 0 Å². The Morgan fingerprint density at radius 1 is 1.37 bits per heavy atom. The molecule has 0 atom stereocenters. The topological polar surface area (TPSA) is 91.0 Å². The number of hydrogen-bond donors (Lipinski definition) is 0. The number of nitrogens with zero attached hydrogens (tertiary/aromatic N) is 4. The summed E-state index contributed by atoms with van der Waals surface area (Å²) in [5.74, 6) is 0.229. The number of aromatic nitrogens is 3. The van der Waals surface area contributed by atoms with Gasteiger partial charge in [-0.25, -0.2) is 0 Å². The first-order chi connectivity index (χ1) is 9.10. The molecule has 0 saturated heterocycles. The fraction of sp³-hybridized carbons (Fsp3) is 0.182. The zero-order chi connectivity index (χ0) is 13.8. The lowest BCUT2D eigenvalue weighted by Crippen LogP contribution is -2.01. The molecule has 2 aromatic rings. The molecule has 8 heteroatoms. The summed E-state index contributed by atoms with van der Waals surface area (Å²) < 4.78 is 5.15. The van der Waals surface area contributed by atoms with Crippen LogP contribution in [-0.4, -0.2) is 26.5 Å². The standard InChI is InChI=1S/C11H9ClN4O3/c1-2-19-11-14-9(13-10(12)15-11)7-4-3-5-8(6-7)16(17)18/h3-6H,2H2,1H3. The molecule has 0 radical (unpaired) electrons. The minimum atomic E-state index is -0.490. The van der Waals surface area contributed by atoms with Crippen LogP contribution in [0.2, 0.25) is 5.28 Å². The van der Waals surface area contributed by atoms with E-state index in [0.29, 0.717) is 12.2 Å². The molecular formula is C11H9ClN4O3. The minimum Gasteiger partial charge on any atom is -0.464 e. The van der Waals surface area contributed by atoms with Crippen molar-refractivity contribution in [2.45, 2.75) is 6.92 Å². The van der Waals surface area contributed by atoms with Gasteiger partial charge in [-0.2, -0.15) is 15.0 Å². The summed E-state index contributed by atoms with van der Waals surface area (Å²) in [6.07, 6.45) is 0. The first-order valence-electron chi connectivity index (χ1n) is 5.39. The monoisotopic (exact) mass is 280 g/mol. The van der Waals surface area contributed by atoms with E-state index in [1.165, 1.54) is 12.1 Å². The summed E-state index contributed by atoms with van der Waals surface area (Å²) in [6, 6.07) is 6.03. The summed E-state index contributed by atoms with van der Waals surface area (Å²) >= 11 is 5.76. The predicted molar refractivity (Wildman–Crippen MR) is 68.1 cm³/mol. The SMILES string of the molecule is CCOc1nc(Cl)nc(-c2cccc([N+](=O)[O-])c2)n1. The van der Waals surface area contributed by atoms with Gasteiger partial charge >= 0.3 is 6.01 Å². The van der Waals surface area contributed by atoms with E-state index in [1.54, 1.807) is 19.1 Å². The van der Waals surface area contributed by atoms with Crippen LogP contribution in [0.15, 0.2) is 24.3 Å². The van der Waals surface area contributed by atoms with Crippen molar-refractivity contribution in [2.75, 3.05) is 6.61 Å². The number of benzene rings is 1. The third kappa shape index (κ3) is 3.14. The van der Waals surface area contributed by atoms with Crippen LogP contribution in [0, 0.1) is 10.1 Å². The zero-order valence-electron chi connectivity index (χ0n) is 9.91. The summed E-state index contributed by atoms with van der Waals surface area (Å²) in [7, 11) is 0. The van der Waals surface area contributed by atoms with Crippen molar-refractivity contribution in [2.24, 2.45) is 0 Å². The highest BCUT2D eigenvalue weighted by Gasteiger charge is 2.12. The Morgan fingerprint density at radius 2 is 2.16 bits per heavy atom. The normalized spacial score (nSPS) is 10.2. The van der Waals surface area contributed by atoms with Crippen molar-refractivity contribution in [1.29, 1.82) is 0 Å². The highest BCUT2D eigenvalue weighted by molar-refractivity contribution is 6.28. The van der Waals surface area contributed by atoms with Crippen LogP contribution in [0.1, 0.15) is 6.92 Å². The summed E-state index contributed by atoms with van der Waals surface area (Å²) in [6.45, 7) is 2.17. The van der Waals surface area contributed by atoms with E-state index in [2.05, 4.69) is 15.0 Å². The molecular weight excluding hydrogens is 272 g/mol. The molecule has 1 heterocycles. The van der Waals surface area contributed by atoms with E-state index < -0.39 is 4.92 Å². The maximum atomic E-state index is 10.7. The lowest BCUT2D eigenvalue weighted by molar-refractivity contribution is -0.384. The van der Waals surface area contributed by atoms with Crippen molar-refractivity contribution in [1.82, 2.24) is 15.0 Å². The largest absolute Gasteiger partial charge is 0.464 e. The molecule has 7 nitrogen and oxygen atoms in total. The molecule has 98 valence electrons. The van der Waals surface area contributed by atoms with Gasteiger partial charge in [0.2, 0.25) is 5.28 Å². The van der Waals surface area contributed by atoms with Crippen LogP contribution in [0.25, 0.3) is 11.4 Å². The third-order valence-corrected chi connectivity index (χ3v) is 2.35. The molecule has 0 fully saturated rings. The average Bonchev–Trinajstić information content (AvgIpc) is 2.38. The van der Waals surface area contributed by atoms with Gasteiger partial charge in [-0.15, -0.1) is 0 Å². The van der Waals surface area contributed by atoms with Crippen LogP contribution >= 0.6 is 11.6 Å². The van der Waals surface area contributed by atoms with Gasteiger partial charge in [0.25, 0.3) is 5.69 Å². The molecule has 2 rings (SSSR count). The minimum absolute atomic E-state index is 0.0278. The van der Waals surface area contributed by atoms with Gasteiger partial charge in [-0.05, 0) is 18.5 Å². The van der Waals surface area contributed by atoms with Gasteiger partial charge in [-0.1, -0.05) is 12.1 Å². The van der Waals surface area contributed by atoms with Gasteiger partial charge < -0.3 is 4.74 Å². The molecule has 19 heavy (non-hydrogen) atoms. The lowest BCUT2D eigenvalue weighted by Gasteiger charge is -2.04. The first kappa shape index (κ1) is 13.2. The third-order valence-electron chi connectivity index (χ3n) is 2.18. The molecule has 0 saturated carbocycles. The van der Waals surface area contributed by atoms with E-state index >= 15 is 0 Å². The fourth-order valence-electron chi connectivity index (χ4n) is 1.41. The molecule has 0 amide bonds. The second kappa shape index (κ2) is 5.57. The Morgan fingerprint density at radius 3 is 2.84 bits per heavy atom. The fourth-order valence-corrected chi connectivity index (χ4v) is 1.57. The second-order valence-electron chi connectivity index (χ2n) is 3.45. The van der Waals surface area contributed by atoms with Crippen LogP contribution in [0.3, 0.4) is 0 Å². The Bertz CT molecular complexity index is 621. The molecule has 0 unspecified atom stereocenters. The zero-order valence-corrected chi connectivity index (χ0v) is 10.7. The van der Waals surface area contributed by atoms with Crippen LogP contribution in [0.4, 0.5) is 5.69 Å². The van der Waals surface area contributed by atoms with Gasteiger partial charge in [0, 0.05) is 17.7 Å². The molecule has 1 aromatic heterocycles. The van der Waals surface area contributed by atoms with E-state index in [0.717, 1.165) is 0 Å². The number of halogens is 1. The highest BCUT2D eigenvalue weighted by Crippen LogP contribution is 2.22. The van der Waals surface area contributed by atoms with Crippen LogP contribution in [0.5, 0.6) is 6.01 Å². The average molecular weight is 281 g/mol. The predicted octanol–water partition coefficient (Wildman–Crippen LogP) is 2.50. The molecule has 0 N–H and O–H groups in total. The van der Waals surface area contributed by atoms with Gasteiger partial charge in [0.15, 0.2) is 5.82 Å². The van der Waals surface area contributed by atoms with E-state index in [-0.39, 0.29) is 22.8 Å². The summed E-state index contributed by atoms with van der Waals surface area (Å²) in [5, 5.41) is 10.7. The first-order valence-corrected chi connectivity index (χ1v) is 5.77. The number of rotatable bonds is 4. The molecule has 0 aliphatic carbocycles. The van der Waals surface area contributed by atoms with Crippen molar-refractivity contribution >= 4 is 17.3 Å². The van der Waals surface area contributed by atoms with Crippen molar-refractivity contribution in [3.05, 3.63) is 39.7 Å². The molecule has 0 spiro atoms. The van der Waals surface area contributed by atoms with Crippen molar-refractivity contribution in [3.63, 3.8) is 0 Å². The highest BCUT2D eigenvalue weighted by atomic mass is 35.5. The maximum absolute atomic E-state index is 10.7.